The number of hydrogen-bond donors (Lipinski definition) is 1. The van der Waals surface area contributed by atoms with Crippen molar-refractivity contribution in [3.8, 4) is 5.75 Å². The van der Waals surface area contributed by atoms with Gasteiger partial charge in [-0.3, -0.25) is 9.69 Å². The van der Waals surface area contributed by atoms with Gasteiger partial charge in [0.05, 0.1) is 5.92 Å². The lowest BCUT2D eigenvalue weighted by Gasteiger charge is -2.18. The van der Waals surface area contributed by atoms with Crippen LogP contribution in [0.5, 0.6) is 5.75 Å². The second kappa shape index (κ2) is 5.93. The van der Waals surface area contributed by atoms with Crippen LogP contribution in [0.4, 0.5) is 13.2 Å². The first-order valence-electron chi connectivity index (χ1n) is 6.55. The van der Waals surface area contributed by atoms with Crippen molar-refractivity contribution < 1.29 is 27.8 Å². The molecule has 1 saturated heterocycles. The maximum atomic E-state index is 12.4. The molecule has 0 aromatic heterocycles. The Bertz CT molecular complexity index is 518. The molecule has 0 spiro atoms. The quantitative estimate of drug-likeness (QED) is 0.929. The molecule has 0 radical (unpaired) electrons. The molecule has 1 N–H and O–H groups in total. The summed E-state index contributed by atoms with van der Waals surface area (Å²) in [5, 5.41) is 9.07. The standard InChI is InChI=1S/C14H16F3NO3/c1-9-6-18(8-11(9)13(19)20)7-10-4-2-3-5-12(10)21-14(15,16)17/h2-5,9,11H,6-8H2,1H3,(H,19,20)/t9-,11-/m1/s1. The van der Waals surface area contributed by atoms with E-state index in [2.05, 4.69) is 4.74 Å². The van der Waals surface area contributed by atoms with Crippen LogP contribution in [0.1, 0.15) is 12.5 Å². The van der Waals surface area contributed by atoms with E-state index in [9.17, 15) is 18.0 Å². The summed E-state index contributed by atoms with van der Waals surface area (Å²) in [6, 6.07) is 5.92. The Balaban J connectivity index is 2.09. The fraction of sp³-hybridized carbons (Fsp3) is 0.500. The highest BCUT2D eigenvalue weighted by molar-refractivity contribution is 5.71. The van der Waals surface area contributed by atoms with Crippen LogP contribution in [0.2, 0.25) is 0 Å². The molecule has 1 aliphatic rings. The predicted molar refractivity (Wildman–Crippen MR) is 68.7 cm³/mol. The summed E-state index contributed by atoms with van der Waals surface area (Å²) in [7, 11) is 0. The number of carbonyl (C=O) groups is 1. The highest BCUT2D eigenvalue weighted by atomic mass is 19.4. The highest BCUT2D eigenvalue weighted by Gasteiger charge is 2.36. The zero-order valence-electron chi connectivity index (χ0n) is 11.4. The Labute approximate surface area is 120 Å². The van der Waals surface area contributed by atoms with Gasteiger partial charge in [0.15, 0.2) is 0 Å². The normalized spacial score (nSPS) is 23.2. The number of halogens is 3. The van der Waals surface area contributed by atoms with Crippen LogP contribution in [-0.4, -0.2) is 35.4 Å². The summed E-state index contributed by atoms with van der Waals surface area (Å²) in [5.41, 5.74) is 0.396. The zero-order chi connectivity index (χ0) is 15.6. The number of benzene rings is 1. The number of rotatable bonds is 4. The van der Waals surface area contributed by atoms with E-state index in [-0.39, 0.29) is 18.2 Å². The van der Waals surface area contributed by atoms with Gasteiger partial charge in [-0.15, -0.1) is 13.2 Å². The van der Waals surface area contributed by atoms with Crippen LogP contribution in [0, 0.1) is 11.8 Å². The van der Waals surface area contributed by atoms with Crippen molar-refractivity contribution in [3.63, 3.8) is 0 Å². The molecule has 2 rings (SSSR count). The monoisotopic (exact) mass is 303 g/mol. The third-order valence-electron chi connectivity index (χ3n) is 3.60. The van der Waals surface area contributed by atoms with Crippen molar-refractivity contribution in [2.45, 2.75) is 19.8 Å². The Kier molecular flexibility index (Phi) is 4.41. The lowest BCUT2D eigenvalue weighted by atomic mass is 9.99. The molecule has 7 heteroatoms. The van der Waals surface area contributed by atoms with Crippen molar-refractivity contribution in [2.24, 2.45) is 11.8 Å². The summed E-state index contributed by atoms with van der Waals surface area (Å²) in [6.45, 7) is 2.94. The Morgan fingerprint density at radius 3 is 2.62 bits per heavy atom. The van der Waals surface area contributed by atoms with Gasteiger partial charge in [-0.1, -0.05) is 25.1 Å². The van der Waals surface area contributed by atoms with Crippen LogP contribution in [-0.2, 0) is 11.3 Å². The fourth-order valence-electron chi connectivity index (χ4n) is 2.62. The second-order valence-corrected chi connectivity index (χ2v) is 5.27. The van der Waals surface area contributed by atoms with Gasteiger partial charge in [0, 0.05) is 25.2 Å². The predicted octanol–water partition coefficient (Wildman–Crippen LogP) is 2.74. The summed E-state index contributed by atoms with van der Waals surface area (Å²) in [4.78, 5) is 12.9. The number of ether oxygens (including phenoxy) is 1. The van der Waals surface area contributed by atoms with Crippen LogP contribution in [0.25, 0.3) is 0 Å². The first-order chi connectivity index (χ1) is 9.76. The van der Waals surface area contributed by atoms with Gasteiger partial charge in [0.2, 0.25) is 0 Å². The molecule has 1 heterocycles. The molecule has 1 aromatic carbocycles. The minimum Gasteiger partial charge on any atom is -0.481 e. The van der Waals surface area contributed by atoms with E-state index in [1.54, 1.807) is 12.1 Å². The molecule has 1 fully saturated rings. The van der Waals surface area contributed by atoms with E-state index in [1.165, 1.54) is 12.1 Å². The lowest BCUT2D eigenvalue weighted by Crippen LogP contribution is -2.24. The molecule has 0 amide bonds. The van der Waals surface area contributed by atoms with Crippen molar-refractivity contribution >= 4 is 5.97 Å². The zero-order valence-corrected chi connectivity index (χ0v) is 11.4. The summed E-state index contributed by atoms with van der Waals surface area (Å²) >= 11 is 0. The molecule has 0 bridgehead atoms. The number of nitrogens with zero attached hydrogens (tertiary/aromatic N) is 1. The van der Waals surface area contributed by atoms with Gasteiger partial charge in [-0.05, 0) is 12.0 Å². The van der Waals surface area contributed by atoms with E-state index >= 15 is 0 Å². The number of alkyl halides is 3. The number of carboxylic acids is 1. The third-order valence-corrected chi connectivity index (χ3v) is 3.60. The van der Waals surface area contributed by atoms with Gasteiger partial charge in [-0.25, -0.2) is 0 Å². The smallest absolute Gasteiger partial charge is 0.481 e. The Morgan fingerprint density at radius 1 is 1.38 bits per heavy atom. The van der Waals surface area contributed by atoms with Crippen molar-refractivity contribution in [3.05, 3.63) is 29.8 Å². The SMILES string of the molecule is C[C@@H]1CN(Cc2ccccc2OC(F)(F)F)C[C@H]1C(=O)O. The van der Waals surface area contributed by atoms with Crippen LogP contribution in [0.15, 0.2) is 24.3 Å². The van der Waals surface area contributed by atoms with E-state index in [0.717, 1.165) is 0 Å². The average Bonchev–Trinajstić information content (AvgIpc) is 2.71. The van der Waals surface area contributed by atoms with Crippen molar-refractivity contribution in [1.82, 2.24) is 4.90 Å². The fourth-order valence-corrected chi connectivity index (χ4v) is 2.62. The molecule has 0 aliphatic carbocycles. The summed E-state index contributed by atoms with van der Waals surface area (Å²) in [5.74, 6) is -1.62. The number of carboxylic acid groups (broad SMARTS) is 1. The van der Waals surface area contributed by atoms with E-state index in [0.29, 0.717) is 18.7 Å². The first-order valence-corrected chi connectivity index (χ1v) is 6.55. The van der Waals surface area contributed by atoms with Gasteiger partial charge < -0.3 is 9.84 Å². The molecule has 1 aromatic rings. The van der Waals surface area contributed by atoms with Crippen LogP contribution in [0.3, 0.4) is 0 Å². The molecule has 2 atom stereocenters. The Morgan fingerprint density at radius 2 is 2.05 bits per heavy atom. The summed E-state index contributed by atoms with van der Waals surface area (Å²) in [6.07, 6.45) is -4.74. The molecule has 21 heavy (non-hydrogen) atoms. The number of para-hydroxylation sites is 1. The van der Waals surface area contributed by atoms with Gasteiger partial charge in [0.1, 0.15) is 5.75 Å². The highest BCUT2D eigenvalue weighted by Crippen LogP contribution is 2.30. The van der Waals surface area contributed by atoms with Crippen molar-refractivity contribution in [1.29, 1.82) is 0 Å². The number of aliphatic carboxylic acids is 1. The minimum absolute atomic E-state index is 0.0294. The van der Waals surface area contributed by atoms with Crippen LogP contribution < -0.4 is 4.74 Å². The first kappa shape index (κ1) is 15.6. The molecule has 0 saturated carbocycles. The second-order valence-electron chi connectivity index (χ2n) is 5.27. The molecular weight excluding hydrogens is 287 g/mol. The molecule has 0 unspecified atom stereocenters. The maximum Gasteiger partial charge on any atom is 0.573 e. The number of hydrogen-bond acceptors (Lipinski definition) is 3. The van der Waals surface area contributed by atoms with Gasteiger partial charge in [-0.2, -0.15) is 0 Å². The largest absolute Gasteiger partial charge is 0.573 e. The van der Waals surface area contributed by atoms with Crippen molar-refractivity contribution in [2.75, 3.05) is 13.1 Å². The topological polar surface area (TPSA) is 49.8 Å². The molecule has 1 aliphatic heterocycles. The van der Waals surface area contributed by atoms with E-state index < -0.39 is 18.2 Å². The third kappa shape index (κ3) is 4.10. The lowest BCUT2D eigenvalue weighted by molar-refractivity contribution is -0.275. The van der Waals surface area contributed by atoms with Gasteiger partial charge >= 0.3 is 12.3 Å². The maximum absolute atomic E-state index is 12.4. The average molecular weight is 303 g/mol. The number of likely N-dealkylation sites (tertiary alicyclic amines) is 1. The minimum atomic E-state index is -4.74. The summed E-state index contributed by atoms with van der Waals surface area (Å²) < 4.78 is 41.1. The molecular formula is C14H16F3NO3. The van der Waals surface area contributed by atoms with Crippen LogP contribution >= 0.6 is 0 Å². The molecule has 4 nitrogen and oxygen atoms in total. The van der Waals surface area contributed by atoms with E-state index in [4.69, 9.17) is 5.11 Å². The van der Waals surface area contributed by atoms with E-state index in [1.807, 2.05) is 11.8 Å². The van der Waals surface area contributed by atoms with Gasteiger partial charge in [0.25, 0.3) is 0 Å². The Hall–Kier alpha value is -1.76. The molecule has 116 valence electrons.